The van der Waals surface area contributed by atoms with E-state index in [0.717, 1.165) is 61.4 Å². The molecule has 19 N–H and O–H groups in total. The van der Waals surface area contributed by atoms with Crippen molar-refractivity contribution in [2.24, 2.45) is 34.0 Å². The number of phenolic OH excluding ortho intramolecular Hbond substituents is 1. The number of nitrogens with two attached hydrogens (primary N) is 3. The fraction of sp³-hybridized carbons (Fsp3) is 0.552. The van der Waals surface area contributed by atoms with Gasteiger partial charge in [0.2, 0.25) is 65.0 Å². The van der Waals surface area contributed by atoms with Crippen LogP contribution in [0.15, 0.2) is 59.7 Å². The number of nitrogens with zero attached hydrogens (tertiary/aromatic N) is 1. The average molecular weight is 1200 g/mol. The maximum absolute atomic E-state index is 14.2. The number of benzene rings is 2. The number of primary amides is 2. The second kappa shape index (κ2) is 32.5. The molecule has 0 unspecified atom stereocenters. The molecule has 8 atom stereocenters. The van der Waals surface area contributed by atoms with Crippen LogP contribution in [0.3, 0.4) is 0 Å². The number of nitrogens with one attached hydrogen (secondary N) is 11. The first-order valence-corrected chi connectivity index (χ1v) is 29.0. The molecule has 28 heteroatoms. The minimum absolute atomic E-state index is 0.0240. The number of para-hydroxylation sites is 1. The van der Waals surface area contributed by atoms with E-state index < -0.39 is 132 Å². The summed E-state index contributed by atoms with van der Waals surface area (Å²) < 4.78 is 0. The Bertz CT molecular complexity index is 2920. The van der Waals surface area contributed by atoms with E-state index in [0.29, 0.717) is 12.0 Å². The van der Waals surface area contributed by atoms with Gasteiger partial charge in [-0.2, -0.15) is 0 Å². The van der Waals surface area contributed by atoms with Gasteiger partial charge in [0.15, 0.2) is 5.96 Å². The summed E-state index contributed by atoms with van der Waals surface area (Å²) in [4.78, 5) is 156. The van der Waals surface area contributed by atoms with Crippen LogP contribution in [-0.2, 0) is 65.6 Å². The predicted molar refractivity (Wildman–Crippen MR) is 316 cm³/mol. The number of aliphatic imine (C=N–C) groups is 1. The number of carbonyl (C=O) groups is 11. The van der Waals surface area contributed by atoms with Crippen molar-refractivity contribution in [3.05, 3.63) is 65.9 Å². The van der Waals surface area contributed by atoms with Gasteiger partial charge >= 0.3 is 0 Å². The van der Waals surface area contributed by atoms with Crippen LogP contribution < -0.4 is 70.4 Å². The fourth-order valence-corrected chi connectivity index (χ4v) is 10.0. The largest absolute Gasteiger partial charge is 0.508 e. The number of hydrogen-bond acceptors (Lipinski definition) is 14. The van der Waals surface area contributed by atoms with Gasteiger partial charge in [0.05, 0.1) is 19.1 Å². The number of fused-ring (bicyclic) bond motifs is 1. The summed E-state index contributed by atoms with van der Waals surface area (Å²) in [7, 11) is 1.49. The lowest BCUT2D eigenvalue weighted by Crippen LogP contribution is -2.64. The Morgan fingerprint density at radius 3 is 1.88 bits per heavy atom. The molecule has 0 spiro atoms. The number of aromatic hydroxyl groups is 1. The van der Waals surface area contributed by atoms with E-state index >= 15 is 0 Å². The molecule has 2 saturated carbocycles. The molecule has 2 aliphatic carbocycles. The zero-order valence-corrected chi connectivity index (χ0v) is 49.3. The molecular formula is C58H85N15O13. The number of carbonyl (C=O) groups excluding carboxylic acids is 11. The molecule has 470 valence electrons. The van der Waals surface area contributed by atoms with Crippen LogP contribution in [0.25, 0.3) is 10.9 Å². The molecule has 2 aromatic carbocycles. The van der Waals surface area contributed by atoms with Gasteiger partial charge in [-0.3, -0.25) is 57.7 Å². The Hall–Kier alpha value is -8.82. The Morgan fingerprint density at radius 2 is 1.27 bits per heavy atom. The number of aliphatic hydroxyl groups is 1. The van der Waals surface area contributed by atoms with Crippen LogP contribution in [-0.4, -0.2) is 160 Å². The number of guanidine groups is 1. The molecule has 0 aliphatic heterocycles. The molecule has 3 aromatic rings. The number of rotatable bonds is 33. The van der Waals surface area contributed by atoms with Crippen molar-refractivity contribution in [2.75, 3.05) is 20.1 Å². The van der Waals surface area contributed by atoms with E-state index in [2.05, 4.69) is 63.1 Å². The molecule has 11 amide bonds. The summed E-state index contributed by atoms with van der Waals surface area (Å²) in [5, 5.41) is 47.4. The van der Waals surface area contributed by atoms with Crippen LogP contribution in [0.4, 0.5) is 0 Å². The first-order valence-electron chi connectivity index (χ1n) is 29.0. The van der Waals surface area contributed by atoms with Gasteiger partial charge in [0.25, 0.3) is 0 Å². The summed E-state index contributed by atoms with van der Waals surface area (Å²) in [6, 6.07) is 3.66. The molecule has 5 rings (SSSR count). The van der Waals surface area contributed by atoms with Crippen LogP contribution in [0.5, 0.6) is 5.75 Å². The van der Waals surface area contributed by atoms with Crippen molar-refractivity contribution in [3.8, 4) is 5.75 Å². The number of H-pyrrole nitrogens is 1. The summed E-state index contributed by atoms with van der Waals surface area (Å²) in [6.07, 6.45) is 5.63. The molecule has 0 bridgehead atoms. The first-order chi connectivity index (χ1) is 40.7. The third-order valence-corrected chi connectivity index (χ3v) is 15.0. The van der Waals surface area contributed by atoms with Crippen molar-refractivity contribution < 1.29 is 63.0 Å². The lowest BCUT2D eigenvalue weighted by atomic mass is 9.84. The second-order valence-electron chi connectivity index (χ2n) is 22.7. The zero-order valence-electron chi connectivity index (χ0n) is 49.3. The van der Waals surface area contributed by atoms with Gasteiger partial charge in [-0.25, -0.2) is 0 Å². The minimum atomic E-state index is -1.81. The SMILES string of the molecule is CN=C(N)NCCC[C@H](NC(=O)[C@H](CC1CC1)NC(=O)CNC(=O)[C@H](CC1CCCCC1)NC(=O)[C@@H](NC(=O)[C@H](CC(N)=O)NC(=O)C(C)(C)NC(=O)[C@@H](Cc1ccc(O)cc1)NC(C)=O)[C@@H](C)O)C(=O)N[C@@H](Cc1c[nH]c2ccccc12)C(N)=O. The lowest BCUT2D eigenvalue weighted by molar-refractivity contribution is -0.138. The molecular weight excluding hydrogens is 1110 g/mol. The predicted octanol–water partition coefficient (Wildman–Crippen LogP) is -2.09. The number of aromatic amines is 1. The first kappa shape index (κ1) is 68.0. The smallest absolute Gasteiger partial charge is 0.245 e. The Morgan fingerprint density at radius 1 is 0.663 bits per heavy atom. The summed E-state index contributed by atoms with van der Waals surface area (Å²) >= 11 is 0. The molecule has 0 saturated heterocycles. The number of phenols is 1. The van der Waals surface area contributed by atoms with Crippen molar-refractivity contribution in [1.82, 2.24) is 58.2 Å². The van der Waals surface area contributed by atoms with E-state index in [1.54, 1.807) is 18.3 Å². The Balaban J connectivity index is 1.25. The van der Waals surface area contributed by atoms with E-state index in [4.69, 9.17) is 17.2 Å². The number of aromatic nitrogens is 1. The lowest BCUT2D eigenvalue weighted by Gasteiger charge is -2.31. The Kier molecular flexibility index (Phi) is 25.6. The van der Waals surface area contributed by atoms with E-state index in [1.807, 2.05) is 24.3 Å². The Labute approximate surface area is 498 Å². The second-order valence-corrected chi connectivity index (χ2v) is 22.7. The highest BCUT2D eigenvalue weighted by Crippen LogP contribution is 2.34. The number of hydrogen-bond donors (Lipinski definition) is 16. The highest BCUT2D eigenvalue weighted by molar-refractivity contribution is 6.00. The maximum Gasteiger partial charge on any atom is 0.245 e. The van der Waals surface area contributed by atoms with Crippen molar-refractivity contribution in [1.29, 1.82) is 0 Å². The molecule has 1 heterocycles. The van der Waals surface area contributed by atoms with Crippen molar-refractivity contribution in [3.63, 3.8) is 0 Å². The van der Waals surface area contributed by atoms with Gasteiger partial charge in [-0.1, -0.05) is 75.3 Å². The van der Waals surface area contributed by atoms with Gasteiger partial charge in [0, 0.05) is 50.5 Å². The normalized spacial score (nSPS) is 16.4. The van der Waals surface area contributed by atoms with E-state index in [9.17, 15) is 63.0 Å². The molecule has 86 heavy (non-hydrogen) atoms. The van der Waals surface area contributed by atoms with Gasteiger partial charge < -0.3 is 85.6 Å². The van der Waals surface area contributed by atoms with Gasteiger partial charge in [-0.15, -0.1) is 0 Å². The minimum Gasteiger partial charge on any atom is -0.508 e. The third-order valence-electron chi connectivity index (χ3n) is 15.0. The molecule has 2 aliphatic rings. The van der Waals surface area contributed by atoms with Crippen LogP contribution in [0.1, 0.15) is 116 Å². The van der Waals surface area contributed by atoms with Crippen molar-refractivity contribution >= 4 is 81.8 Å². The quantitative estimate of drug-likeness (QED) is 0.0177. The van der Waals surface area contributed by atoms with E-state index in [1.165, 1.54) is 46.9 Å². The van der Waals surface area contributed by atoms with Crippen LogP contribution in [0.2, 0.25) is 0 Å². The van der Waals surface area contributed by atoms with E-state index in [-0.39, 0.29) is 62.2 Å². The molecule has 1 aromatic heterocycles. The summed E-state index contributed by atoms with van der Waals surface area (Å²) in [6.45, 7) is 4.57. The van der Waals surface area contributed by atoms with Crippen LogP contribution >= 0.6 is 0 Å². The molecule has 0 radical (unpaired) electrons. The summed E-state index contributed by atoms with van der Waals surface area (Å²) in [5.41, 5.74) is 17.4. The van der Waals surface area contributed by atoms with Gasteiger partial charge in [0.1, 0.15) is 53.6 Å². The average Bonchev–Trinajstić information content (AvgIpc) is 3.12. The zero-order chi connectivity index (χ0) is 63.3. The third kappa shape index (κ3) is 22.0. The van der Waals surface area contributed by atoms with Crippen molar-refractivity contribution in [2.45, 2.75) is 172 Å². The topological polar surface area (TPSA) is 455 Å². The standard InChI is InChI=1S/C58H85N15O13/c1-31(74)48(72-53(83)45(28-46(59)77)71-56(86)58(3,4)73-54(84)44(66-32(2)75)26-35-19-21-37(76)22-20-35)55(85)70-42(24-33-12-7-6-8-13-33)50(80)65-30-47(78)67-43(25-34-17-18-34)52(82)68-40(16-11-23-63-57(61)62-5)51(81)69-41(49(60)79)27-36-29-64-39-15-10-9-14-38(36)39/h9-10,14-15,19-22,29,31,33-34,40-45,48,64,74,76H,6-8,11-13,16-18,23-28,30H2,1-5H3,(H2,59,77)(H2,60,79)(H,65,80)(H,66,75)(H,67,78)(H,68,82)(H,69,81)(H,70,85)(H,71,86)(H,72,83)(H,73,84)(H3,61,62,63)/t31-,40+,41+,42+,43+,44-,45+,48+/m1/s1. The van der Waals surface area contributed by atoms with Crippen LogP contribution in [0, 0.1) is 11.8 Å². The fourth-order valence-electron chi connectivity index (χ4n) is 10.0. The highest BCUT2D eigenvalue weighted by Gasteiger charge is 2.39. The van der Waals surface area contributed by atoms with Gasteiger partial charge in [-0.05, 0) is 87.6 Å². The summed E-state index contributed by atoms with van der Waals surface area (Å²) in [5.74, 6) is -9.23. The maximum atomic E-state index is 14.2. The number of amides is 11. The highest BCUT2D eigenvalue weighted by atomic mass is 16.3. The molecule has 28 nitrogen and oxygen atoms in total. The number of aliphatic hydroxyl groups excluding tert-OH is 1. The molecule has 2 fully saturated rings. The monoisotopic (exact) mass is 1200 g/mol.